The van der Waals surface area contributed by atoms with Crippen molar-refractivity contribution in [1.29, 1.82) is 0 Å². The zero-order chi connectivity index (χ0) is 30.2. The van der Waals surface area contributed by atoms with E-state index in [1.807, 2.05) is 32.9 Å². The van der Waals surface area contributed by atoms with Crippen LogP contribution in [0.1, 0.15) is 16.7 Å². The standard InChI is InChI=1S/C28H22F4N6O3S/c1-15-10-16(2)17(3)23(11-15)38-24(39)13-42-27(38)35-26(40)34-22-9-4-18(12-21(22)29)25-33-14-37(36-25)19-5-7-20(8-6-19)41-28(30,31)32/h4-12,14H,13H2,1-3H3,(H,34,40)/b35-27-. The number of hydrogen-bond acceptors (Lipinski definition) is 6. The van der Waals surface area contributed by atoms with E-state index >= 15 is 0 Å². The maximum absolute atomic E-state index is 15.0. The zero-order valence-corrected chi connectivity index (χ0v) is 23.2. The number of aryl methyl sites for hydroxylation is 2. The number of aromatic nitrogens is 3. The van der Waals surface area contributed by atoms with Crippen LogP contribution in [-0.2, 0) is 4.79 Å². The molecule has 0 bridgehead atoms. The number of halogens is 4. The van der Waals surface area contributed by atoms with Crippen molar-refractivity contribution in [2.45, 2.75) is 27.1 Å². The van der Waals surface area contributed by atoms with Gasteiger partial charge in [0.2, 0.25) is 5.91 Å². The van der Waals surface area contributed by atoms with Crippen molar-refractivity contribution >= 4 is 40.2 Å². The molecule has 42 heavy (non-hydrogen) atoms. The van der Waals surface area contributed by atoms with E-state index in [-0.39, 0.29) is 34.1 Å². The highest BCUT2D eigenvalue weighted by Crippen LogP contribution is 2.32. The van der Waals surface area contributed by atoms with Crippen LogP contribution in [0.4, 0.5) is 33.7 Å². The summed E-state index contributed by atoms with van der Waals surface area (Å²) in [5, 5.41) is 6.84. The van der Waals surface area contributed by atoms with Gasteiger partial charge in [0, 0.05) is 5.56 Å². The molecule has 0 atom stereocenters. The predicted molar refractivity (Wildman–Crippen MR) is 150 cm³/mol. The first kappa shape index (κ1) is 28.8. The molecule has 14 heteroatoms. The van der Waals surface area contributed by atoms with Crippen LogP contribution in [0.2, 0.25) is 0 Å². The second-order valence-corrected chi connectivity index (χ2v) is 10.3. The van der Waals surface area contributed by atoms with E-state index in [0.29, 0.717) is 16.9 Å². The summed E-state index contributed by atoms with van der Waals surface area (Å²) in [6.45, 7) is 5.73. The molecule has 0 aliphatic carbocycles. The Morgan fingerprint density at radius 3 is 2.50 bits per heavy atom. The van der Waals surface area contributed by atoms with Gasteiger partial charge in [-0.05, 0) is 86.0 Å². The summed E-state index contributed by atoms with van der Waals surface area (Å²) in [5.74, 6) is -1.12. The Labute approximate surface area is 241 Å². The monoisotopic (exact) mass is 598 g/mol. The van der Waals surface area contributed by atoms with E-state index in [4.69, 9.17) is 0 Å². The van der Waals surface area contributed by atoms with Crippen LogP contribution < -0.4 is 15.0 Å². The lowest BCUT2D eigenvalue weighted by Crippen LogP contribution is -2.31. The molecule has 3 aromatic carbocycles. The first-order valence-corrected chi connectivity index (χ1v) is 13.4. The van der Waals surface area contributed by atoms with E-state index in [1.165, 1.54) is 40.2 Å². The van der Waals surface area contributed by atoms with Crippen molar-refractivity contribution in [2.24, 2.45) is 4.99 Å². The van der Waals surface area contributed by atoms with E-state index in [0.717, 1.165) is 46.7 Å². The minimum absolute atomic E-state index is 0.118. The van der Waals surface area contributed by atoms with E-state index in [9.17, 15) is 27.2 Å². The first-order valence-electron chi connectivity index (χ1n) is 12.4. The molecule has 216 valence electrons. The Bertz CT molecular complexity index is 1720. The molecule has 1 fully saturated rings. The fourth-order valence-corrected chi connectivity index (χ4v) is 5.10. The molecule has 1 aliphatic rings. The molecule has 0 spiro atoms. The van der Waals surface area contributed by atoms with Crippen molar-refractivity contribution in [3.63, 3.8) is 0 Å². The van der Waals surface area contributed by atoms with Gasteiger partial charge in [-0.2, -0.15) is 4.99 Å². The summed E-state index contributed by atoms with van der Waals surface area (Å²) in [4.78, 5) is 34.9. The number of amides is 3. The van der Waals surface area contributed by atoms with Gasteiger partial charge in [-0.25, -0.2) is 18.9 Å². The average Bonchev–Trinajstić information content (AvgIpc) is 3.54. The number of aliphatic imine (C=N–C) groups is 1. The number of hydrogen-bond donors (Lipinski definition) is 1. The topological polar surface area (TPSA) is 102 Å². The molecule has 1 saturated heterocycles. The zero-order valence-electron chi connectivity index (χ0n) is 22.4. The van der Waals surface area contributed by atoms with Crippen LogP contribution in [0.15, 0.2) is 65.9 Å². The highest BCUT2D eigenvalue weighted by atomic mass is 32.2. The number of urea groups is 1. The quantitative estimate of drug-likeness (QED) is 0.261. The molecule has 5 rings (SSSR count). The number of amidine groups is 1. The summed E-state index contributed by atoms with van der Waals surface area (Å²) in [7, 11) is 0. The Morgan fingerprint density at radius 2 is 1.81 bits per heavy atom. The molecule has 1 aromatic heterocycles. The summed E-state index contributed by atoms with van der Waals surface area (Å²) >= 11 is 1.12. The molecular weight excluding hydrogens is 576 g/mol. The van der Waals surface area contributed by atoms with Gasteiger partial charge in [0.25, 0.3) is 0 Å². The average molecular weight is 599 g/mol. The van der Waals surface area contributed by atoms with Gasteiger partial charge in [0.05, 0.1) is 22.8 Å². The predicted octanol–water partition coefficient (Wildman–Crippen LogP) is 6.57. The number of nitrogens with zero attached hydrogens (tertiary/aromatic N) is 5. The molecule has 0 radical (unpaired) electrons. The lowest BCUT2D eigenvalue weighted by Gasteiger charge is -2.20. The highest BCUT2D eigenvalue weighted by Gasteiger charge is 2.32. The van der Waals surface area contributed by atoms with Gasteiger partial charge >= 0.3 is 12.4 Å². The molecule has 0 saturated carbocycles. The van der Waals surface area contributed by atoms with E-state index in [2.05, 4.69) is 25.1 Å². The van der Waals surface area contributed by atoms with Crippen LogP contribution in [0.25, 0.3) is 17.1 Å². The molecule has 2 heterocycles. The van der Waals surface area contributed by atoms with Crippen LogP contribution >= 0.6 is 11.8 Å². The number of rotatable bonds is 5. The highest BCUT2D eigenvalue weighted by molar-refractivity contribution is 8.15. The number of ether oxygens (including phenoxy) is 1. The molecule has 1 N–H and O–H groups in total. The Kier molecular flexibility index (Phi) is 7.73. The van der Waals surface area contributed by atoms with Crippen molar-refractivity contribution in [2.75, 3.05) is 16.0 Å². The van der Waals surface area contributed by atoms with Crippen molar-refractivity contribution < 1.29 is 31.9 Å². The largest absolute Gasteiger partial charge is 0.573 e. The maximum Gasteiger partial charge on any atom is 0.573 e. The number of carbonyl (C=O) groups excluding carboxylic acids is 2. The third-order valence-corrected chi connectivity index (χ3v) is 7.21. The van der Waals surface area contributed by atoms with Gasteiger partial charge in [0.15, 0.2) is 11.0 Å². The number of nitrogens with one attached hydrogen (secondary N) is 1. The fourth-order valence-electron chi connectivity index (χ4n) is 4.24. The number of anilines is 2. The minimum Gasteiger partial charge on any atom is -0.406 e. The lowest BCUT2D eigenvalue weighted by molar-refractivity contribution is -0.274. The Morgan fingerprint density at radius 1 is 1.07 bits per heavy atom. The number of thioether (sulfide) groups is 1. The second kappa shape index (κ2) is 11.3. The Balaban J connectivity index is 1.30. The first-order chi connectivity index (χ1) is 19.9. The summed E-state index contributed by atoms with van der Waals surface area (Å²) in [6, 6.07) is 11.9. The second-order valence-electron chi connectivity index (χ2n) is 9.32. The van der Waals surface area contributed by atoms with Crippen molar-refractivity contribution in [1.82, 2.24) is 14.8 Å². The summed E-state index contributed by atoms with van der Waals surface area (Å²) in [6.07, 6.45) is -3.48. The summed E-state index contributed by atoms with van der Waals surface area (Å²) in [5.41, 5.74) is 4.03. The molecular formula is C28H22F4N6O3S. The molecule has 1 aliphatic heterocycles. The number of benzene rings is 3. The summed E-state index contributed by atoms with van der Waals surface area (Å²) < 4.78 is 57.3. The lowest BCUT2D eigenvalue weighted by atomic mass is 10.0. The van der Waals surface area contributed by atoms with Crippen LogP contribution in [0.5, 0.6) is 5.75 Å². The fraction of sp³-hybridized carbons (Fsp3) is 0.179. The van der Waals surface area contributed by atoms with Gasteiger partial charge in [-0.1, -0.05) is 17.8 Å². The normalized spacial score (nSPS) is 14.5. The number of carbonyl (C=O) groups is 2. The van der Waals surface area contributed by atoms with Crippen LogP contribution in [0.3, 0.4) is 0 Å². The molecule has 3 amide bonds. The minimum atomic E-state index is -4.81. The van der Waals surface area contributed by atoms with Crippen LogP contribution in [-0.4, -0.2) is 44.0 Å². The van der Waals surface area contributed by atoms with E-state index in [1.54, 1.807) is 0 Å². The van der Waals surface area contributed by atoms with Gasteiger partial charge in [-0.15, -0.1) is 18.3 Å². The van der Waals surface area contributed by atoms with Gasteiger partial charge in [-0.3, -0.25) is 9.69 Å². The third-order valence-electron chi connectivity index (χ3n) is 6.28. The van der Waals surface area contributed by atoms with Gasteiger partial charge in [0.1, 0.15) is 17.9 Å². The smallest absolute Gasteiger partial charge is 0.406 e. The molecule has 9 nitrogen and oxygen atoms in total. The van der Waals surface area contributed by atoms with Gasteiger partial charge < -0.3 is 10.1 Å². The maximum atomic E-state index is 15.0. The Hall–Kier alpha value is -4.72. The van der Waals surface area contributed by atoms with E-state index < -0.39 is 18.2 Å². The SMILES string of the molecule is Cc1cc(C)c(C)c(N2C(=O)CS/C2=N\C(=O)Nc2ccc(-c3ncn(-c4ccc(OC(F)(F)F)cc4)n3)cc2F)c1. The molecule has 0 unspecified atom stereocenters. The van der Waals surface area contributed by atoms with Crippen molar-refractivity contribution in [3.8, 4) is 22.8 Å². The van der Waals surface area contributed by atoms with Crippen molar-refractivity contribution in [3.05, 3.63) is 83.4 Å². The van der Waals surface area contributed by atoms with Crippen LogP contribution in [0, 0.1) is 26.6 Å². The third kappa shape index (κ3) is 6.28. The molecule has 4 aromatic rings. The number of alkyl halides is 3.